The SMILES string of the molecule is Fc1ccc(C2CCCN2Cc2nc(-c3ccco3)no2)cc1. The van der Waals surface area contributed by atoms with Crippen molar-refractivity contribution in [1.29, 1.82) is 0 Å². The second kappa shape index (κ2) is 5.96. The van der Waals surface area contributed by atoms with Gasteiger partial charge in [-0.1, -0.05) is 17.3 Å². The number of hydrogen-bond donors (Lipinski definition) is 0. The summed E-state index contributed by atoms with van der Waals surface area (Å²) in [6.45, 7) is 1.54. The molecule has 0 amide bonds. The normalized spacial score (nSPS) is 18.6. The standard InChI is InChI=1S/C17H16FN3O2/c18-13-7-5-12(6-8-13)14-3-1-9-21(14)11-16-19-17(20-23-16)15-4-2-10-22-15/h2,4-8,10,14H,1,3,9,11H2. The lowest BCUT2D eigenvalue weighted by molar-refractivity contribution is 0.212. The number of halogens is 1. The molecule has 0 saturated carbocycles. The summed E-state index contributed by atoms with van der Waals surface area (Å²) in [6.07, 6.45) is 3.72. The van der Waals surface area contributed by atoms with E-state index in [1.54, 1.807) is 18.4 Å². The third-order valence-corrected chi connectivity index (χ3v) is 4.17. The molecule has 1 unspecified atom stereocenters. The predicted octanol–water partition coefficient (Wildman–Crippen LogP) is 3.81. The Kier molecular flexibility index (Phi) is 3.67. The maximum absolute atomic E-state index is 13.1. The van der Waals surface area contributed by atoms with Crippen molar-refractivity contribution in [3.8, 4) is 11.6 Å². The molecule has 118 valence electrons. The Morgan fingerprint density at radius 3 is 2.87 bits per heavy atom. The van der Waals surface area contributed by atoms with Gasteiger partial charge in [0.25, 0.3) is 0 Å². The van der Waals surface area contributed by atoms with E-state index in [2.05, 4.69) is 15.0 Å². The summed E-state index contributed by atoms with van der Waals surface area (Å²) in [5.74, 6) is 1.41. The fraction of sp³-hybridized carbons (Fsp3) is 0.294. The molecule has 1 aromatic carbocycles. The molecule has 1 fully saturated rings. The lowest BCUT2D eigenvalue weighted by atomic mass is 10.0. The number of aromatic nitrogens is 2. The van der Waals surface area contributed by atoms with Gasteiger partial charge in [-0.3, -0.25) is 4.90 Å². The number of benzene rings is 1. The second-order valence-electron chi connectivity index (χ2n) is 5.67. The third kappa shape index (κ3) is 2.90. The monoisotopic (exact) mass is 313 g/mol. The summed E-state index contributed by atoms with van der Waals surface area (Å²) >= 11 is 0. The molecule has 1 aliphatic heterocycles. The molecule has 1 aliphatic rings. The van der Waals surface area contributed by atoms with Gasteiger partial charge in [-0.15, -0.1) is 0 Å². The molecule has 0 radical (unpaired) electrons. The molecule has 23 heavy (non-hydrogen) atoms. The minimum absolute atomic E-state index is 0.210. The second-order valence-corrected chi connectivity index (χ2v) is 5.67. The zero-order chi connectivity index (χ0) is 15.6. The molecule has 6 heteroatoms. The first-order chi connectivity index (χ1) is 11.3. The molecule has 0 bridgehead atoms. The highest BCUT2D eigenvalue weighted by Gasteiger charge is 2.27. The minimum Gasteiger partial charge on any atom is -0.461 e. The summed E-state index contributed by atoms with van der Waals surface area (Å²) in [5.41, 5.74) is 1.12. The molecule has 3 aromatic rings. The van der Waals surface area contributed by atoms with Crippen molar-refractivity contribution in [1.82, 2.24) is 15.0 Å². The molecule has 5 nitrogen and oxygen atoms in total. The van der Waals surface area contributed by atoms with Gasteiger partial charge in [0.1, 0.15) is 5.82 Å². The first kappa shape index (κ1) is 14.1. The highest BCUT2D eigenvalue weighted by atomic mass is 19.1. The highest BCUT2D eigenvalue weighted by Crippen LogP contribution is 2.33. The van der Waals surface area contributed by atoms with Gasteiger partial charge in [0.2, 0.25) is 11.7 Å². The van der Waals surface area contributed by atoms with Crippen LogP contribution in [0, 0.1) is 5.82 Å². The van der Waals surface area contributed by atoms with Crippen molar-refractivity contribution >= 4 is 0 Å². The van der Waals surface area contributed by atoms with Crippen molar-refractivity contribution in [2.75, 3.05) is 6.54 Å². The lowest BCUT2D eigenvalue weighted by Gasteiger charge is -2.23. The molecule has 0 N–H and O–H groups in total. The molecular weight excluding hydrogens is 297 g/mol. The molecular formula is C17H16FN3O2. The number of nitrogens with zero attached hydrogens (tertiary/aromatic N) is 3. The van der Waals surface area contributed by atoms with Crippen LogP contribution in [0.4, 0.5) is 4.39 Å². The fourth-order valence-electron chi connectivity index (χ4n) is 3.08. The van der Waals surface area contributed by atoms with Gasteiger partial charge >= 0.3 is 0 Å². The Morgan fingerprint density at radius 1 is 1.22 bits per heavy atom. The van der Waals surface area contributed by atoms with E-state index in [0.717, 1.165) is 24.9 Å². The number of rotatable bonds is 4. The molecule has 4 rings (SSSR count). The van der Waals surface area contributed by atoms with Gasteiger partial charge in [0.05, 0.1) is 12.8 Å². The number of likely N-dealkylation sites (tertiary alicyclic amines) is 1. The largest absolute Gasteiger partial charge is 0.461 e. The maximum Gasteiger partial charge on any atom is 0.241 e. The minimum atomic E-state index is -0.210. The van der Waals surface area contributed by atoms with Gasteiger partial charge in [0, 0.05) is 6.04 Å². The van der Waals surface area contributed by atoms with Crippen LogP contribution in [-0.2, 0) is 6.54 Å². The Balaban J connectivity index is 1.50. The van der Waals surface area contributed by atoms with Crippen LogP contribution < -0.4 is 0 Å². The summed E-state index contributed by atoms with van der Waals surface area (Å²) in [5, 5.41) is 3.95. The summed E-state index contributed by atoms with van der Waals surface area (Å²) in [4.78, 5) is 6.67. The molecule has 0 aliphatic carbocycles. The van der Waals surface area contributed by atoms with Crippen LogP contribution in [0.25, 0.3) is 11.6 Å². The van der Waals surface area contributed by atoms with E-state index in [4.69, 9.17) is 8.94 Å². The van der Waals surface area contributed by atoms with E-state index >= 15 is 0 Å². The summed E-state index contributed by atoms with van der Waals surface area (Å²) in [7, 11) is 0. The van der Waals surface area contributed by atoms with E-state index in [1.165, 1.54) is 12.1 Å². The van der Waals surface area contributed by atoms with Crippen LogP contribution in [0.5, 0.6) is 0 Å². The Morgan fingerprint density at radius 2 is 2.09 bits per heavy atom. The van der Waals surface area contributed by atoms with Crippen molar-refractivity contribution in [2.24, 2.45) is 0 Å². The third-order valence-electron chi connectivity index (χ3n) is 4.17. The maximum atomic E-state index is 13.1. The molecule has 1 saturated heterocycles. The Hall–Kier alpha value is -2.47. The molecule has 1 atom stereocenters. The van der Waals surface area contributed by atoms with E-state index in [1.807, 2.05) is 12.1 Å². The van der Waals surface area contributed by atoms with Gasteiger partial charge in [-0.05, 0) is 49.2 Å². The first-order valence-corrected chi connectivity index (χ1v) is 7.65. The zero-order valence-electron chi connectivity index (χ0n) is 12.5. The highest BCUT2D eigenvalue weighted by molar-refractivity contribution is 5.44. The van der Waals surface area contributed by atoms with Gasteiger partial charge in [-0.2, -0.15) is 4.98 Å². The first-order valence-electron chi connectivity index (χ1n) is 7.65. The smallest absolute Gasteiger partial charge is 0.241 e. The quantitative estimate of drug-likeness (QED) is 0.733. The zero-order valence-corrected chi connectivity index (χ0v) is 12.5. The van der Waals surface area contributed by atoms with Crippen molar-refractivity contribution < 1.29 is 13.3 Å². The van der Waals surface area contributed by atoms with Gasteiger partial charge in [-0.25, -0.2) is 4.39 Å². The molecule has 2 aromatic heterocycles. The molecule has 3 heterocycles. The topological polar surface area (TPSA) is 55.3 Å². The molecule has 0 spiro atoms. The van der Waals surface area contributed by atoms with Crippen LogP contribution in [0.3, 0.4) is 0 Å². The Labute approximate surface area is 132 Å². The number of furan rings is 1. The fourth-order valence-corrected chi connectivity index (χ4v) is 3.08. The van der Waals surface area contributed by atoms with E-state index in [9.17, 15) is 4.39 Å². The van der Waals surface area contributed by atoms with E-state index in [-0.39, 0.29) is 11.9 Å². The Bertz CT molecular complexity index is 768. The van der Waals surface area contributed by atoms with Crippen molar-refractivity contribution in [2.45, 2.75) is 25.4 Å². The van der Waals surface area contributed by atoms with E-state index in [0.29, 0.717) is 24.0 Å². The predicted molar refractivity (Wildman–Crippen MR) is 80.8 cm³/mol. The lowest BCUT2D eigenvalue weighted by Crippen LogP contribution is -2.22. The summed E-state index contributed by atoms with van der Waals surface area (Å²) in [6, 6.07) is 10.6. The van der Waals surface area contributed by atoms with Crippen LogP contribution in [0.1, 0.15) is 30.3 Å². The van der Waals surface area contributed by atoms with Crippen LogP contribution in [0.15, 0.2) is 51.6 Å². The average molecular weight is 313 g/mol. The van der Waals surface area contributed by atoms with Crippen LogP contribution in [0.2, 0.25) is 0 Å². The van der Waals surface area contributed by atoms with Crippen molar-refractivity contribution in [3.63, 3.8) is 0 Å². The van der Waals surface area contributed by atoms with Crippen molar-refractivity contribution in [3.05, 3.63) is 59.9 Å². The van der Waals surface area contributed by atoms with Gasteiger partial charge < -0.3 is 8.94 Å². The van der Waals surface area contributed by atoms with E-state index < -0.39 is 0 Å². The van der Waals surface area contributed by atoms with Crippen LogP contribution in [-0.4, -0.2) is 21.6 Å². The number of hydrogen-bond acceptors (Lipinski definition) is 5. The average Bonchev–Trinajstić information content (AvgIpc) is 3.29. The van der Waals surface area contributed by atoms with Gasteiger partial charge in [0.15, 0.2) is 5.76 Å². The van der Waals surface area contributed by atoms with Crippen LogP contribution >= 0.6 is 0 Å². The summed E-state index contributed by atoms with van der Waals surface area (Å²) < 4.78 is 23.7.